The van der Waals surface area contributed by atoms with Gasteiger partial charge in [-0.15, -0.1) is 0 Å². The van der Waals surface area contributed by atoms with Crippen LogP contribution in [0.1, 0.15) is 47.1 Å². The van der Waals surface area contributed by atoms with Crippen molar-refractivity contribution < 1.29 is 13.2 Å². The molecule has 162 valence electrons. The smallest absolute Gasteiger partial charge is 0.258 e. The predicted octanol–water partition coefficient (Wildman–Crippen LogP) is 3.98. The molecule has 0 aliphatic rings. The van der Waals surface area contributed by atoms with E-state index in [1.165, 1.54) is 29.3 Å². The minimum absolute atomic E-state index is 0.00519. The van der Waals surface area contributed by atoms with Crippen molar-refractivity contribution in [3.8, 4) is 0 Å². The Bertz CT molecular complexity index is 1140. The maximum absolute atomic E-state index is 12.7. The highest BCUT2D eigenvalue weighted by molar-refractivity contribution is 7.89. The summed E-state index contributed by atoms with van der Waals surface area (Å²) in [7, 11) is -2.18. The lowest BCUT2D eigenvalue weighted by Crippen LogP contribution is -2.27. The van der Waals surface area contributed by atoms with Crippen LogP contribution in [0, 0.1) is 6.92 Å². The van der Waals surface area contributed by atoms with Crippen LogP contribution in [-0.2, 0) is 16.6 Å². The molecule has 0 saturated heterocycles. The summed E-state index contributed by atoms with van der Waals surface area (Å²) in [5, 5.41) is 2.81. The molecule has 7 nitrogen and oxygen atoms in total. The van der Waals surface area contributed by atoms with E-state index in [1.54, 1.807) is 24.3 Å². The molecule has 0 unspecified atom stereocenters. The van der Waals surface area contributed by atoms with Crippen molar-refractivity contribution in [1.29, 1.82) is 0 Å². The quantitative estimate of drug-likeness (QED) is 0.602. The van der Waals surface area contributed by atoms with E-state index < -0.39 is 10.0 Å². The van der Waals surface area contributed by atoms with Crippen molar-refractivity contribution in [3.05, 3.63) is 83.4 Å². The first kappa shape index (κ1) is 22.6. The van der Waals surface area contributed by atoms with Gasteiger partial charge in [0.15, 0.2) is 0 Å². The number of amides is 1. The summed E-state index contributed by atoms with van der Waals surface area (Å²) in [4.78, 5) is 21.0. The van der Waals surface area contributed by atoms with Crippen LogP contribution in [0.15, 0.2) is 65.8 Å². The molecule has 0 bridgehead atoms. The molecule has 1 amide bonds. The first-order chi connectivity index (χ1) is 14.7. The normalized spacial score (nSPS) is 11.7. The van der Waals surface area contributed by atoms with E-state index in [2.05, 4.69) is 29.1 Å². The van der Waals surface area contributed by atoms with E-state index in [0.717, 1.165) is 5.56 Å². The number of carbonyl (C=O) groups excluding carboxylic acids is 1. The van der Waals surface area contributed by atoms with Gasteiger partial charge in [-0.1, -0.05) is 43.7 Å². The maximum Gasteiger partial charge on any atom is 0.258 e. The van der Waals surface area contributed by atoms with Crippen LogP contribution in [0.25, 0.3) is 0 Å². The number of rotatable bonds is 7. The second-order valence-electron chi connectivity index (χ2n) is 7.69. The summed E-state index contributed by atoms with van der Waals surface area (Å²) in [5.74, 6) is 0.388. The van der Waals surface area contributed by atoms with Crippen LogP contribution >= 0.6 is 0 Å². The number of nitrogens with one attached hydrogen (secondary N) is 1. The van der Waals surface area contributed by atoms with Crippen LogP contribution in [0.4, 0.5) is 5.69 Å². The Morgan fingerprint density at radius 2 is 1.58 bits per heavy atom. The Kier molecular flexibility index (Phi) is 6.82. The van der Waals surface area contributed by atoms with Gasteiger partial charge in [-0.2, -0.15) is 4.31 Å². The van der Waals surface area contributed by atoms with Crippen molar-refractivity contribution in [1.82, 2.24) is 14.3 Å². The van der Waals surface area contributed by atoms with Gasteiger partial charge >= 0.3 is 0 Å². The number of sulfonamides is 1. The lowest BCUT2D eigenvalue weighted by atomic mass is 10.0. The SMILES string of the molecule is Cc1ccc(S(=O)(=O)N(C)Cc2ncc(C(=O)Nc3ccc(C(C)C)cc3)cn2)cc1. The summed E-state index contributed by atoms with van der Waals surface area (Å²) < 4.78 is 26.6. The molecule has 3 rings (SSSR count). The van der Waals surface area contributed by atoms with Gasteiger partial charge in [-0.25, -0.2) is 18.4 Å². The molecule has 8 heteroatoms. The molecule has 2 aromatic carbocycles. The fraction of sp³-hybridized carbons (Fsp3) is 0.261. The predicted molar refractivity (Wildman–Crippen MR) is 120 cm³/mol. The first-order valence-corrected chi connectivity index (χ1v) is 11.4. The van der Waals surface area contributed by atoms with E-state index in [4.69, 9.17) is 0 Å². The maximum atomic E-state index is 12.7. The number of hydrogen-bond donors (Lipinski definition) is 1. The number of anilines is 1. The van der Waals surface area contributed by atoms with Gasteiger partial charge in [0.25, 0.3) is 5.91 Å². The molecule has 31 heavy (non-hydrogen) atoms. The van der Waals surface area contributed by atoms with Crippen molar-refractivity contribution in [2.24, 2.45) is 0 Å². The number of benzene rings is 2. The lowest BCUT2D eigenvalue weighted by Gasteiger charge is -2.16. The van der Waals surface area contributed by atoms with Gasteiger partial charge in [0.05, 0.1) is 17.0 Å². The highest BCUT2D eigenvalue weighted by Crippen LogP contribution is 2.18. The van der Waals surface area contributed by atoms with E-state index in [-0.39, 0.29) is 17.3 Å². The van der Waals surface area contributed by atoms with Crippen LogP contribution in [0.3, 0.4) is 0 Å². The molecule has 0 aliphatic heterocycles. The molecule has 0 fully saturated rings. The van der Waals surface area contributed by atoms with Crippen LogP contribution in [0.2, 0.25) is 0 Å². The second kappa shape index (κ2) is 9.36. The van der Waals surface area contributed by atoms with Crippen LogP contribution in [-0.4, -0.2) is 35.6 Å². The Morgan fingerprint density at radius 3 is 2.13 bits per heavy atom. The van der Waals surface area contributed by atoms with Gasteiger partial charge in [0.2, 0.25) is 10.0 Å². The van der Waals surface area contributed by atoms with Crippen molar-refractivity contribution in [2.45, 2.75) is 38.1 Å². The summed E-state index contributed by atoms with van der Waals surface area (Å²) >= 11 is 0. The third-order valence-corrected chi connectivity index (χ3v) is 6.71. The zero-order chi connectivity index (χ0) is 22.6. The minimum atomic E-state index is -3.66. The Hall–Kier alpha value is -3.10. The molecular formula is C23H26N4O3S. The van der Waals surface area contributed by atoms with Gasteiger partial charge < -0.3 is 5.32 Å². The van der Waals surface area contributed by atoms with Gasteiger partial charge in [0, 0.05) is 25.1 Å². The van der Waals surface area contributed by atoms with Gasteiger partial charge in [-0.05, 0) is 42.7 Å². The molecule has 1 N–H and O–H groups in total. The molecule has 0 radical (unpaired) electrons. The summed E-state index contributed by atoms with van der Waals surface area (Å²) in [5.41, 5.74) is 3.15. The standard InChI is InChI=1S/C23H26N4O3S/c1-16(2)18-7-9-20(10-8-18)26-23(28)19-13-24-22(25-14-19)15-27(4)31(29,30)21-11-5-17(3)6-12-21/h5-14,16H,15H2,1-4H3,(H,26,28). The average molecular weight is 439 g/mol. The average Bonchev–Trinajstić information content (AvgIpc) is 2.75. The van der Waals surface area contributed by atoms with Gasteiger partial charge in [0.1, 0.15) is 5.82 Å². The van der Waals surface area contributed by atoms with Gasteiger partial charge in [-0.3, -0.25) is 4.79 Å². The Labute approximate surface area is 183 Å². The lowest BCUT2D eigenvalue weighted by molar-refractivity contribution is 0.102. The molecule has 0 aliphatic carbocycles. The fourth-order valence-corrected chi connectivity index (χ4v) is 4.01. The first-order valence-electron chi connectivity index (χ1n) is 9.92. The number of carbonyl (C=O) groups is 1. The van der Waals surface area contributed by atoms with E-state index in [9.17, 15) is 13.2 Å². The Balaban J connectivity index is 1.65. The van der Waals surface area contributed by atoms with Crippen molar-refractivity contribution in [3.63, 3.8) is 0 Å². The largest absolute Gasteiger partial charge is 0.322 e. The molecule has 0 atom stereocenters. The fourth-order valence-electron chi connectivity index (χ4n) is 2.88. The zero-order valence-electron chi connectivity index (χ0n) is 18.0. The number of aryl methyl sites for hydroxylation is 1. The zero-order valence-corrected chi connectivity index (χ0v) is 18.8. The second-order valence-corrected chi connectivity index (χ2v) is 9.74. The molecule has 0 saturated carbocycles. The molecule has 0 spiro atoms. The summed E-state index contributed by atoms with van der Waals surface area (Å²) in [6.45, 7) is 6.10. The number of hydrogen-bond acceptors (Lipinski definition) is 5. The summed E-state index contributed by atoms with van der Waals surface area (Å²) in [6.07, 6.45) is 2.79. The highest BCUT2D eigenvalue weighted by atomic mass is 32.2. The molecular weight excluding hydrogens is 412 g/mol. The van der Waals surface area contributed by atoms with E-state index in [1.807, 2.05) is 31.2 Å². The highest BCUT2D eigenvalue weighted by Gasteiger charge is 2.21. The number of nitrogens with zero attached hydrogens (tertiary/aromatic N) is 3. The topological polar surface area (TPSA) is 92.3 Å². The van der Waals surface area contributed by atoms with E-state index in [0.29, 0.717) is 23.0 Å². The molecule has 3 aromatic rings. The van der Waals surface area contributed by atoms with E-state index >= 15 is 0 Å². The molecule has 1 aromatic heterocycles. The van der Waals surface area contributed by atoms with Crippen LogP contribution < -0.4 is 5.32 Å². The summed E-state index contributed by atoms with van der Waals surface area (Å²) in [6, 6.07) is 14.3. The third kappa shape index (κ3) is 5.53. The van der Waals surface area contributed by atoms with Crippen molar-refractivity contribution in [2.75, 3.05) is 12.4 Å². The monoisotopic (exact) mass is 438 g/mol. The minimum Gasteiger partial charge on any atom is -0.322 e. The van der Waals surface area contributed by atoms with Crippen LogP contribution in [0.5, 0.6) is 0 Å². The number of aromatic nitrogens is 2. The van der Waals surface area contributed by atoms with Crippen molar-refractivity contribution >= 4 is 21.6 Å². The third-order valence-electron chi connectivity index (χ3n) is 4.90. The Morgan fingerprint density at radius 1 is 1.00 bits per heavy atom. The molecule has 1 heterocycles.